The van der Waals surface area contributed by atoms with E-state index in [1.54, 1.807) is 0 Å². The molecule has 102 valence electrons. The van der Waals surface area contributed by atoms with Crippen molar-refractivity contribution in [3.8, 4) is 5.75 Å². The van der Waals surface area contributed by atoms with Gasteiger partial charge in [-0.2, -0.15) is 5.10 Å². The molecule has 0 bridgehead atoms. The lowest BCUT2D eigenvalue weighted by Gasteiger charge is -2.10. The molecule has 0 spiro atoms. The number of nitrogens with zero attached hydrogens (tertiary/aromatic N) is 2. The van der Waals surface area contributed by atoms with Crippen molar-refractivity contribution in [2.75, 3.05) is 0 Å². The first-order chi connectivity index (χ1) is 9.02. The van der Waals surface area contributed by atoms with Gasteiger partial charge in [0.2, 0.25) is 0 Å². The molecule has 0 aliphatic rings. The van der Waals surface area contributed by atoms with E-state index in [4.69, 9.17) is 16.3 Å². The molecule has 0 saturated heterocycles. The van der Waals surface area contributed by atoms with Crippen LogP contribution in [0.15, 0.2) is 22.7 Å². The Balaban J connectivity index is 2.16. The minimum Gasteiger partial charge on any atom is -0.487 e. The predicted octanol–water partition coefficient (Wildman–Crippen LogP) is 4.29. The van der Waals surface area contributed by atoms with Crippen molar-refractivity contribution in [3.05, 3.63) is 44.6 Å². The summed E-state index contributed by atoms with van der Waals surface area (Å²) in [5, 5.41) is 5.17. The van der Waals surface area contributed by atoms with Crippen LogP contribution in [-0.2, 0) is 20.1 Å². The first kappa shape index (κ1) is 14.4. The number of benzene rings is 1. The molecule has 0 atom stereocenters. The molecule has 1 aromatic heterocycles. The maximum Gasteiger partial charge on any atom is 0.131 e. The van der Waals surface area contributed by atoms with E-state index in [-0.39, 0.29) is 0 Å². The number of hydrogen-bond donors (Lipinski definition) is 0. The number of halogens is 2. The van der Waals surface area contributed by atoms with Crippen molar-refractivity contribution in [1.82, 2.24) is 9.78 Å². The van der Waals surface area contributed by atoms with Crippen molar-refractivity contribution in [2.24, 2.45) is 7.05 Å². The zero-order valence-electron chi connectivity index (χ0n) is 11.2. The Kier molecular flexibility index (Phi) is 4.53. The normalized spacial score (nSPS) is 10.8. The average molecular weight is 344 g/mol. The van der Waals surface area contributed by atoms with Gasteiger partial charge in [0.05, 0.1) is 15.9 Å². The Hall–Kier alpha value is -1.000. The minimum absolute atomic E-state index is 0.479. The molecule has 5 heteroatoms. The van der Waals surface area contributed by atoms with Crippen LogP contribution in [0.2, 0.25) is 5.02 Å². The molecule has 19 heavy (non-hydrogen) atoms. The Morgan fingerprint density at radius 2 is 2.16 bits per heavy atom. The number of hydrogen-bond acceptors (Lipinski definition) is 2. The second-order valence-corrected chi connectivity index (χ2v) is 5.61. The molecule has 2 aromatic rings. The number of ether oxygens (including phenoxy) is 1. The zero-order valence-corrected chi connectivity index (χ0v) is 13.5. The second kappa shape index (κ2) is 5.97. The van der Waals surface area contributed by atoms with Crippen LogP contribution in [0.1, 0.15) is 23.9 Å². The van der Waals surface area contributed by atoms with Crippen molar-refractivity contribution < 1.29 is 4.74 Å². The summed E-state index contributed by atoms with van der Waals surface area (Å²) in [6.07, 6.45) is 0.897. The number of aryl methyl sites for hydroxylation is 3. The third kappa shape index (κ3) is 3.12. The summed E-state index contributed by atoms with van der Waals surface area (Å²) in [5.74, 6) is 0.843. The summed E-state index contributed by atoms with van der Waals surface area (Å²) in [6.45, 7) is 4.55. The van der Waals surface area contributed by atoms with Crippen LogP contribution in [0.4, 0.5) is 0 Å². The Bertz CT molecular complexity index is 595. The van der Waals surface area contributed by atoms with E-state index < -0.39 is 0 Å². The molecule has 0 amide bonds. The third-order valence-electron chi connectivity index (χ3n) is 3.00. The van der Waals surface area contributed by atoms with Crippen molar-refractivity contribution in [1.29, 1.82) is 0 Å². The first-order valence-electron chi connectivity index (χ1n) is 6.12. The van der Waals surface area contributed by atoms with E-state index in [0.717, 1.165) is 38.6 Å². The van der Waals surface area contributed by atoms with Crippen molar-refractivity contribution in [3.63, 3.8) is 0 Å². The summed E-state index contributed by atoms with van der Waals surface area (Å²) < 4.78 is 8.73. The molecular formula is C14H16BrClN2O. The van der Waals surface area contributed by atoms with E-state index in [1.165, 1.54) is 0 Å². The summed E-state index contributed by atoms with van der Waals surface area (Å²) >= 11 is 9.51. The van der Waals surface area contributed by atoms with E-state index in [9.17, 15) is 0 Å². The maximum atomic E-state index is 5.93. The molecule has 0 radical (unpaired) electrons. The van der Waals surface area contributed by atoms with Crippen LogP contribution >= 0.6 is 27.5 Å². The lowest BCUT2D eigenvalue weighted by atomic mass is 10.2. The quantitative estimate of drug-likeness (QED) is 0.828. The van der Waals surface area contributed by atoms with Gasteiger partial charge in [0.15, 0.2) is 0 Å². The molecule has 2 rings (SSSR count). The standard InChI is InChI=1S/C14H16BrClN2O/c1-4-11-14(15)12(18(3)17-11)8-19-13-6-5-10(16)7-9(13)2/h5-7H,4,8H2,1-3H3. The van der Waals surface area contributed by atoms with Crippen LogP contribution in [0.3, 0.4) is 0 Å². The van der Waals surface area contributed by atoms with E-state index >= 15 is 0 Å². The van der Waals surface area contributed by atoms with Gasteiger partial charge in [-0.05, 0) is 53.0 Å². The lowest BCUT2D eigenvalue weighted by Crippen LogP contribution is -2.04. The smallest absolute Gasteiger partial charge is 0.131 e. The van der Waals surface area contributed by atoms with Gasteiger partial charge in [-0.3, -0.25) is 4.68 Å². The van der Waals surface area contributed by atoms with E-state index in [2.05, 4.69) is 28.0 Å². The predicted molar refractivity (Wildman–Crippen MR) is 80.8 cm³/mol. The number of rotatable bonds is 4. The molecule has 0 fully saturated rings. The van der Waals surface area contributed by atoms with Crippen LogP contribution in [0, 0.1) is 6.92 Å². The fraction of sp³-hybridized carbons (Fsp3) is 0.357. The lowest BCUT2D eigenvalue weighted by molar-refractivity contribution is 0.292. The number of aromatic nitrogens is 2. The largest absolute Gasteiger partial charge is 0.487 e. The van der Waals surface area contributed by atoms with Crippen molar-refractivity contribution >= 4 is 27.5 Å². The average Bonchev–Trinajstić information content (AvgIpc) is 2.64. The van der Waals surface area contributed by atoms with E-state index in [0.29, 0.717) is 6.61 Å². The highest BCUT2D eigenvalue weighted by molar-refractivity contribution is 9.10. The Morgan fingerprint density at radius 1 is 1.42 bits per heavy atom. The molecule has 1 heterocycles. The molecule has 0 saturated carbocycles. The third-order valence-corrected chi connectivity index (χ3v) is 4.15. The topological polar surface area (TPSA) is 27.1 Å². The zero-order chi connectivity index (χ0) is 14.0. The highest BCUT2D eigenvalue weighted by atomic mass is 79.9. The summed E-state index contributed by atoms with van der Waals surface area (Å²) in [4.78, 5) is 0. The molecule has 0 aliphatic carbocycles. The molecule has 3 nitrogen and oxygen atoms in total. The van der Waals surface area contributed by atoms with Gasteiger partial charge in [0.25, 0.3) is 0 Å². The van der Waals surface area contributed by atoms with Crippen LogP contribution in [0.5, 0.6) is 5.75 Å². The van der Waals surface area contributed by atoms with E-state index in [1.807, 2.05) is 36.9 Å². The SMILES string of the molecule is CCc1nn(C)c(COc2ccc(Cl)cc2C)c1Br. The summed E-state index contributed by atoms with van der Waals surface area (Å²) in [7, 11) is 1.93. The first-order valence-corrected chi connectivity index (χ1v) is 7.29. The monoisotopic (exact) mass is 342 g/mol. The van der Waals surface area contributed by atoms with Gasteiger partial charge in [-0.1, -0.05) is 18.5 Å². The molecular weight excluding hydrogens is 328 g/mol. The maximum absolute atomic E-state index is 5.93. The Morgan fingerprint density at radius 3 is 2.74 bits per heavy atom. The van der Waals surface area contributed by atoms with Crippen molar-refractivity contribution in [2.45, 2.75) is 26.9 Å². The molecule has 0 aliphatic heterocycles. The van der Waals surface area contributed by atoms with Crippen LogP contribution < -0.4 is 4.74 Å². The molecule has 1 aromatic carbocycles. The fourth-order valence-electron chi connectivity index (χ4n) is 1.90. The molecule has 0 unspecified atom stereocenters. The molecule has 0 N–H and O–H groups in total. The van der Waals surface area contributed by atoms with Gasteiger partial charge in [-0.15, -0.1) is 0 Å². The van der Waals surface area contributed by atoms with Crippen LogP contribution in [0.25, 0.3) is 0 Å². The summed E-state index contributed by atoms with van der Waals surface area (Å²) in [6, 6.07) is 5.62. The van der Waals surface area contributed by atoms with Gasteiger partial charge < -0.3 is 4.74 Å². The second-order valence-electron chi connectivity index (χ2n) is 4.38. The minimum atomic E-state index is 0.479. The fourth-order valence-corrected chi connectivity index (χ4v) is 2.85. The van der Waals surface area contributed by atoms with Gasteiger partial charge in [-0.25, -0.2) is 0 Å². The highest BCUT2D eigenvalue weighted by Crippen LogP contribution is 2.26. The van der Waals surface area contributed by atoms with Gasteiger partial charge >= 0.3 is 0 Å². The van der Waals surface area contributed by atoms with Gasteiger partial charge in [0.1, 0.15) is 12.4 Å². The van der Waals surface area contributed by atoms with Crippen LogP contribution in [-0.4, -0.2) is 9.78 Å². The Labute approximate surface area is 126 Å². The summed E-state index contributed by atoms with van der Waals surface area (Å²) in [5.41, 5.74) is 3.11. The van der Waals surface area contributed by atoms with Gasteiger partial charge in [0, 0.05) is 12.1 Å². The highest BCUT2D eigenvalue weighted by Gasteiger charge is 2.13.